The minimum absolute atomic E-state index is 0.194. The number of allylic oxidation sites excluding steroid dienone is 1. The fourth-order valence-corrected chi connectivity index (χ4v) is 5.08. The molecule has 0 unspecified atom stereocenters. The number of hydrogen-bond acceptors (Lipinski definition) is 4. The van der Waals surface area contributed by atoms with E-state index in [1.807, 2.05) is 42.5 Å². The number of fused-ring (bicyclic) bond motifs is 1. The van der Waals surface area contributed by atoms with E-state index in [1.54, 1.807) is 11.3 Å². The van der Waals surface area contributed by atoms with Crippen LogP contribution in [0.1, 0.15) is 35.2 Å². The largest absolute Gasteiger partial charge is 0.372 e. The molecule has 1 aromatic heterocycles. The molecule has 0 saturated heterocycles. The van der Waals surface area contributed by atoms with Gasteiger partial charge in [-0.25, -0.2) is 0 Å². The number of carbonyl (C=O) groups excluding carboxylic acids is 1. The van der Waals surface area contributed by atoms with Crippen molar-refractivity contribution in [3.63, 3.8) is 0 Å². The first-order valence-corrected chi connectivity index (χ1v) is 10.6. The molecule has 0 radical (unpaired) electrons. The fourth-order valence-electron chi connectivity index (χ4n) is 4.12. The first-order chi connectivity index (χ1) is 13.7. The summed E-state index contributed by atoms with van der Waals surface area (Å²) in [7, 11) is 0. The zero-order chi connectivity index (χ0) is 19.1. The highest BCUT2D eigenvalue weighted by molar-refractivity contribution is 7.10. The summed E-state index contributed by atoms with van der Waals surface area (Å²) in [5, 5.41) is 9.94. The minimum atomic E-state index is -0.194. The number of ketones is 1. The topological polar surface area (TPSA) is 41.1 Å². The van der Waals surface area contributed by atoms with Gasteiger partial charge in [0.1, 0.15) is 0 Å². The van der Waals surface area contributed by atoms with Gasteiger partial charge in [0.25, 0.3) is 0 Å². The summed E-state index contributed by atoms with van der Waals surface area (Å²) in [5.41, 5.74) is 4.90. The molecule has 5 heteroatoms. The zero-order valence-corrected chi connectivity index (χ0v) is 16.7. The lowest BCUT2D eigenvalue weighted by molar-refractivity contribution is -0.116. The van der Waals surface area contributed by atoms with E-state index in [0.717, 1.165) is 34.6 Å². The van der Waals surface area contributed by atoms with Gasteiger partial charge < -0.3 is 10.6 Å². The van der Waals surface area contributed by atoms with E-state index in [9.17, 15) is 4.79 Å². The Bertz CT molecular complexity index is 1060. The molecule has 0 fully saturated rings. The summed E-state index contributed by atoms with van der Waals surface area (Å²) in [4.78, 5) is 14.6. The molecule has 3 aromatic rings. The predicted molar refractivity (Wildman–Crippen MR) is 116 cm³/mol. The maximum Gasteiger partial charge on any atom is 0.163 e. The van der Waals surface area contributed by atoms with Crippen LogP contribution in [-0.4, -0.2) is 5.78 Å². The van der Waals surface area contributed by atoms with Crippen molar-refractivity contribution in [2.75, 3.05) is 10.6 Å². The van der Waals surface area contributed by atoms with Crippen LogP contribution < -0.4 is 10.6 Å². The third-order valence-electron chi connectivity index (χ3n) is 5.46. The maximum absolute atomic E-state index is 13.3. The van der Waals surface area contributed by atoms with E-state index < -0.39 is 0 Å². The van der Waals surface area contributed by atoms with Gasteiger partial charge in [-0.1, -0.05) is 41.9 Å². The molecule has 2 N–H and O–H groups in total. The molecular formula is C23H19ClN2OS. The highest BCUT2D eigenvalue weighted by Gasteiger charge is 2.36. The SMILES string of the molecule is O=C1C[C@@H](c2cccs2)CC2=C1[C@@H](c1ccc(Cl)cc1)Nc1ccccc1N2. The van der Waals surface area contributed by atoms with Crippen LogP contribution in [0, 0.1) is 0 Å². The quantitative estimate of drug-likeness (QED) is 0.518. The molecule has 0 amide bonds. The van der Waals surface area contributed by atoms with Crippen molar-refractivity contribution < 1.29 is 4.79 Å². The van der Waals surface area contributed by atoms with Gasteiger partial charge >= 0.3 is 0 Å². The number of Topliss-reactive ketones (excluding diaryl/α,β-unsaturated/α-hetero) is 1. The average molecular weight is 407 g/mol. The molecule has 3 nitrogen and oxygen atoms in total. The van der Waals surface area contributed by atoms with Crippen molar-refractivity contribution in [1.29, 1.82) is 0 Å². The van der Waals surface area contributed by atoms with Gasteiger partial charge in [-0.2, -0.15) is 0 Å². The monoisotopic (exact) mass is 406 g/mol. The third kappa shape index (κ3) is 3.13. The van der Waals surface area contributed by atoms with Crippen molar-refractivity contribution in [1.82, 2.24) is 0 Å². The van der Waals surface area contributed by atoms with Crippen molar-refractivity contribution >= 4 is 40.1 Å². The Kier molecular flexibility index (Phi) is 4.46. The van der Waals surface area contributed by atoms with Crippen molar-refractivity contribution in [3.05, 3.63) is 92.8 Å². The van der Waals surface area contributed by atoms with E-state index in [0.29, 0.717) is 11.4 Å². The molecule has 0 bridgehead atoms. The Labute approximate surface area is 173 Å². The van der Waals surface area contributed by atoms with Crippen LogP contribution in [0.3, 0.4) is 0 Å². The van der Waals surface area contributed by atoms with Crippen LogP contribution in [0.4, 0.5) is 11.4 Å². The minimum Gasteiger partial charge on any atom is -0.372 e. The Morgan fingerprint density at radius 2 is 1.71 bits per heavy atom. The van der Waals surface area contributed by atoms with Crippen LogP contribution in [-0.2, 0) is 4.79 Å². The van der Waals surface area contributed by atoms with Gasteiger partial charge in [-0.05, 0) is 47.7 Å². The molecule has 0 spiro atoms. The van der Waals surface area contributed by atoms with Gasteiger partial charge in [0.15, 0.2) is 5.78 Å². The summed E-state index contributed by atoms with van der Waals surface area (Å²) >= 11 is 7.82. The second-order valence-corrected chi connectivity index (χ2v) is 8.65. The van der Waals surface area contributed by atoms with Gasteiger partial charge in [0, 0.05) is 33.5 Å². The van der Waals surface area contributed by atoms with Crippen LogP contribution in [0.2, 0.25) is 5.02 Å². The molecule has 5 rings (SSSR count). The van der Waals surface area contributed by atoms with Crippen molar-refractivity contribution in [3.8, 4) is 0 Å². The molecule has 2 atom stereocenters. The lowest BCUT2D eigenvalue weighted by Crippen LogP contribution is -2.26. The molecule has 140 valence electrons. The van der Waals surface area contributed by atoms with Gasteiger partial charge in [-0.3, -0.25) is 4.79 Å². The number of thiophene rings is 1. The summed E-state index contributed by atoms with van der Waals surface area (Å²) in [5.74, 6) is 0.433. The van der Waals surface area contributed by atoms with E-state index in [2.05, 4.69) is 34.2 Å². The molecular weight excluding hydrogens is 388 g/mol. The van der Waals surface area contributed by atoms with E-state index in [-0.39, 0.29) is 17.7 Å². The summed E-state index contributed by atoms with van der Waals surface area (Å²) < 4.78 is 0. The number of benzene rings is 2. The lowest BCUT2D eigenvalue weighted by Gasteiger charge is -2.29. The first-order valence-electron chi connectivity index (χ1n) is 9.37. The number of anilines is 2. The summed E-state index contributed by atoms with van der Waals surface area (Å²) in [6.07, 6.45) is 1.38. The number of nitrogens with one attached hydrogen (secondary N) is 2. The van der Waals surface area contributed by atoms with Crippen molar-refractivity contribution in [2.45, 2.75) is 24.8 Å². The lowest BCUT2D eigenvalue weighted by atomic mass is 9.81. The van der Waals surface area contributed by atoms with Gasteiger partial charge in [0.05, 0.1) is 17.4 Å². The molecule has 1 aliphatic heterocycles. The van der Waals surface area contributed by atoms with E-state index in [1.165, 1.54) is 4.88 Å². The zero-order valence-electron chi connectivity index (χ0n) is 15.1. The first kappa shape index (κ1) is 17.5. The maximum atomic E-state index is 13.3. The standard InChI is InChI=1S/C23H19ClN2OS/c24-16-9-7-14(8-10-16)23-22-19(25-17-4-1-2-5-18(17)26-23)12-15(13-20(22)27)21-6-3-11-28-21/h1-11,15,23,25-26H,12-13H2/t15-,23+/m0/s1. The molecule has 0 saturated carbocycles. The predicted octanol–water partition coefficient (Wildman–Crippen LogP) is 6.38. The normalized spacial score (nSPS) is 21.2. The molecule has 1 aliphatic carbocycles. The van der Waals surface area contributed by atoms with Crippen LogP contribution in [0.5, 0.6) is 0 Å². The van der Waals surface area contributed by atoms with Crippen molar-refractivity contribution in [2.24, 2.45) is 0 Å². The van der Waals surface area contributed by atoms with E-state index in [4.69, 9.17) is 11.6 Å². The van der Waals surface area contributed by atoms with Gasteiger partial charge in [-0.15, -0.1) is 11.3 Å². The average Bonchev–Trinajstić information content (AvgIpc) is 3.18. The van der Waals surface area contributed by atoms with Crippen LogP contribution >= 0.6 is 22.9 Å². The fraction of sp³-hybridized carbons (Fsp3) is 0.174. The second-order valence-electron chi connectivity index (χ2n) is 7.24. The highest BCUT2D eigenvalue weighted by Crippen LogP contribution is 2.44. The second kappa shape index (κ2) is 7.12. The Morgan fingerprint density at radius 3 is 2.46 bits per heavy atom. The Hall–Kier alpha value is -2.56. The van der Waals surface area contributed by atoms with Crippen LogP contribution in [0.25, 0.3) is 0 Å². The van der Waals surface area contributed by atoms with E-state index >= 15 is 0 Å². The molecule has 28 heavy (non-hydrogen) atoms. The Morgan fingerprint density at radius 1 is 0.929 bits per heavy atom. The number of halogens is 1. The molecule has 2 aliphatic rings. The number of hydrogen-bond donors (Lipinski definition) is 2. The molecule has 2 heterocycles. The number of carbonyl (C=O) groups is 1. The van der Waals surface area contributed by atoms with Gasteiger partial charge in [0.2, 0.25) is 0 Å². The molecule has 2 aromatic carbocycles. The number of para-hydroxylation sites is 2. The summed E-state index contributed by atoms with van der Waals surface area (Å²) in [6.45, 7) is 0. The van der Waals surface area contributed by atoms with Crippen LogP contribution in [0.15, 0.2) is 77.3 Å². The number of rotatable bonds is 2. The highest BCUT2D eigenvalue weighted by atomic mass is 35.5. The third-order valence-corrected chi connectivity index (χ3v) is 6.74. The smallest absolute Gasteiger partial charge is 0.163 e. The Balaban J connectivity index is 1.62. The summed E-state index contributed by atoms with van der Waals surface area (Å²) in [6, 6.07) is 19.9.